The summed E-state index contributed by atoms with van der Waals surface area (Å²) < 4.78 is 61.2. The van der Waals surface area contributed by atoms with Crippen LogP contribution in [0.3, 0.4) is 0 Å². The van der Waals surface area contributed by atoms with E-state index in [1.165, 1.54) is 27.8 Å². The van der Waals surface area contributed by atoms with E-state index in [1.54, 1.807) is 0 Å². The van der Waals surface area contributed by atoms with Crippen LogP contribution in [0.15, 0.2) is 30.3 Å². The molecule has 0 N–H and O–H groups in total. The monoisotopic (exact) mass is 762 g/mol. The number of rotatable bonds is 30. The summed E-state index contributed by atoms with van der Waals surface area (Å²) >= 11 is 0. The maximum Gasteiger partial charge on any atom is 0.500 e. The highest BCUT2D eigenvalue weighted by molar-refractivity contribution is 6.61. The van der Waals surface area contributed by atoms with Gasteiger partial charge >= 0.3 is 17.6 Å². The zero-order chi connectivity index (χ0) is 37.2. The van der Waals surface area contributed by atoms with E-state index in [0.29, 0.717) is 52.9 Å². The summed E-state index contributed by atoms with van der Waals surface area (Å²) in [6.45, 7) is 20.3. The van der Waals surface area contributed by atoms with Crippen LogP contribution in [0.2, 0.25) is 12.1 Å². The predicted octanol–water partition coefficient (Wildman–Crippen LogP) is 8.21. The van der Waals surface area contributed by atoms with Gasteiger partial charge in [0.25, 0.3) is 0 Å². The van der Waals surface area contributed by atoms with Crippen LogP contribution in [0.4, 0.5) is 0 Å². The van der Waals surface area contributed by atoms with Gasteiger partial charge in [0, 0.05) is 51.7 Å². The minimum absolute atomic E-state index is 0.137. The smallest absolute Gasteiger partial charge is 0.491 e. The lowest BCUT2D eigenvalue weighted by atomic mass is 9.93. The summed E-state index contributed by atoms with van der Waals surface area (Å²) in [6, 6.07) is 12.7. The summed E-state index contributed by atoms with van der Waals surface area (Å²) in [5, 5.41) is 0. The van der Waals surface area contributed by atoms with Crippen molar-refractivity contribution in [1.82, 2.24) is 0 Å². The van der Waals surface area contributed by atoms with Gasteiger partial charge in [-0.25, -0.2) is 0 Å². The maximum absolute atomic E-state index is 6.67. The fourth-order valence-corrected chi connectivity index (χ4v) is 11.8. The van der Waals surface area contributed by atoms with Crippen LogP contribution in [0.25, 0.3) is 11.1 Å². The topological polar surface area (TPSA) is 98.9 Å². The van der Waals surface area contributed by atoms with Crippen LogP contribution in [0.1, 0.15) is 90.8 Å². The zero-order valence-corrected chi connectivity index (χ0v) is 35.1. The highest BCUT2D eigenvalue weighted by Gasteiger charge is 2.41. The van der Waals surface area contributed by atoms with E-state index < -0.39 is 17.6 Å². The molecule has 0 spiro atoms. The molecule has 10 nitrogen and oxygen atoms in total. The van der Waals surface area contributed by atoms with E-state index in [-0.39, 0.29) is 12.2 Å². The van der Waals surface area contributed by atoms with E-state index in [4.69, 9.17) is 45.5 Å². The first kappa shape index (κ1) is 42.9. The highest BCUT2D eigenvalue weighted by atomic mass is 28.4. The molecule has 0 aliphatic carbocycles. The molecule has 2 aliphatic rings. The Morgan fingerprint density at radius 3 is 1.38 bits per heavy atom. The summed E-state index contributed by atoms with van der Waals surface area (Å²) in [6.07, 6.45) is 6.81. The molecule has 2 aromatic rings. The lowest BCUT2D eigenvalue weighted by Crippen LogP contribution is -2.46. The van der Waals surface area contributed by atoms with Crippen LogP contribution in [-0.2, 0) is 55.3 Å². The van der Waals surface area contributed by atoms with E-state index in [0.717, 1.165) is 81.7 Å². The van der Waals surface area contributed by atoms with Crippen LogP contribution in [-0.4, -0.2) is 95.9 Å². The summed E-state index contributed by atoms with van der Waals surface area (Å²) in [7, 11) is -5.62. The third-order valence-electron chi connectivity index (χ3n) is 9.12. The first-order valence-corrected chi connectivity index (χ1v) is 23.8. The molecule has 0 aromatic heterocycles. The molecule has 2 aromatic carbocycles. The maximum atomic E-state index is 6.67. The minimum Gasteiger partial charge on any atom is -0.491 e. The van der Waals surface area contributed by atoms with E-state index in [1.807, 2.05) is 41.5 Å². The Balaban J connectivity index is 1.71. The van der Waals surface area contributed by atoms with Gasteiger partial charge in [-0.1, -0.05) is 19.4 Å². The molecular formula is C40H66O10Si2. The standard InChI is InChI=1S/C40H66O10Si2/c1-8-15-18-33-25-32(21-22-39(33)43-30-37-28-41-37)36-26-34(19-16-23-51(45-9-2,46-10-3)47-11-4)40(44-31-38-29-42-38)35(27-36)20-17-24-52(48-12-5,49-13-6)50-14-7/h21-22,25-27,37-38H,8-20,23-24,28-31H2,1-7H3. The Bertz CT molecular complexity index is 1230. The Morgan fingerprint density at radius 1 is 0.538 bits per heavy atom. The molecule has 2 aliphatic heterocycles. The van der Waals surface area contributed by atoms with Crippen molar-refractivity contribution in [3.8, 4) is 22.6 Å². The largest absolute Gasteiger partial charge is 0.500 e. The molecule has 0 bridgehead atoms. The van der Waals surface area contributed by atoms with Gasteiger partial charge in [0.2, 0.25) is 0 Å². The van der Waals surface area contributed by atoms with Crippen LogP contribution in [0.5, 0.6) is 11.5 Å². The van der Waals surface area contributed by atoms with Gasteiger partial charge in [0.1, 0.15) is 36.9 Å². The van der Waals surface area contributed by atoms with Gasteiger partial charge in [-0.15, -0.1) is 0 Å². The lowest BCUT2D eigenvalue weighted by Gasteiger charge is -2.29. The summed E-state index contributed by atoms with van der Waals surface area (Å²) in [4.78, 5) is 0. The number of benzene rings is 2. The molecule has 4 rings (SSSR count). The van der Waals surface area contributed by atoms with Crippen molar-refractivity contribution >= 4 is 17.6 Å². The molecule has 2 atom stereocenters. The number of hydrogen-bond donors (Lipinski definition) is 0. The number of epoxide rings is 2. The second kappa shape index (κ2) is 22.5. The average Bonchev–Trinajstić information content (AvgIpc) is 4.07. The fraction of sp³-hybridized carbons (Fsp3) is 0.700. The van der Waals surface area contributed by atoms with E-state index in [2.05, 4.69) is 37.3 Å². The number of ether oxygens (including phenoxy) is 4. The molecule has 294 valence electrons. The third-order valence-corrected chi connectivity index (χ3v) is 15.4. The normalized spacial score (nSPS) is 17.1. The van der Waals surface area contributed by atoms with Crippen molar-refractivity contribution in [3.63, 3.8) is 0 Å². The first-order chi connectivity index (χ1) is 25.4. The van der Waals surface area contributed by atoms with Gasteiger partial charge in [-0.2, -0.15) is 0 Å². The predicted molar refractivity (Wildman–Crippen MR) is 208 cm³/mol. The van der Waals surface area contributed by atoms with Gasteiger partial charge < -0.3 is 45.5 Å². The van der Waals surface area contributed by atoms with Crippen molar-refractivity contribution in [1.29, 1.82) is 0 Å². The molecule has 0 radical (unpaired) electrons. The lowest BCUT2D eigenvalue weighted by molar-refractivity contribution is 0.0700. The average molecular weight is 763 g/mol. The van der Waals surface area contributed by atoms with Gasteiger partial charge in [-0.3, -0.25) is 0 Å². The van der Waals surface area contributed by atoms with Gasteiger partial charge in [-0.05, 0) is 132 Å². The second-order valence-corrected chi connectivity index (χ2v) is 18.7. The van der Waals surface area contributed by atoms with Gasteiger partial charge in [0.15, 0.2) is 0 Å². The molecular weight excluding hydrogens is 697 g/mol. The van der Waals surface area contributed by atoms with E-state index in [9.17, 15) is 0 Å². The molecule has 12 heteroatoms. The Hall–Kier alpha value is -1.85. The molecule has 2 heterocycles. The summed E-state index contributed by atoms with van der Waals surface area (Å²) in [5.41, 5.74) is 5.91. The minimum atomic E-state index is -2.81. The summed E-state index contributed by atoms with van der Waals surface area (Å²) in [5.74, 6) is 1.90. The molecule has 0 saturated carbocycles. The molecule has 2 unspecified atom stereocenters. The first-order valence-electron chi connectivity index (χ1n) is 20.0. The zero-order valence-electron chi connectivity index (χ0n) is 33.1. The third kappa shape index (κ3) is 13.5. The van der Waals surface area contributed by atoms with Crippen molar-refractivity contribution in [2.75, 3.05) is 66.1 Å². The number of unbranched alkanes of at least 4 members (excludes halogenated alkanes) is 1. The Kier molecular flexibility index (Phi) is 18.6. The Labute approximate surface area is 315 Å². The SMILES string of the molecule is CCCCc1cc(-c2cc(CCC[Si](OCC)(OCC)OCC)c(OCC3CO3)c(CCC[Si](OCC)(OCC)OCC)c2)ccc1OCC1CO1. The Morgan fingerprint density at radius 2 is 0.962 bits per heavy atom. The second-order valence-electron chi connectivity index (χ2n) is 13.3. The number of hydrogen-bond acceptors (Lipinski definition) is 10. The van der Waals surface area contributed by atoms with Crippen LogP contribution >= 0.6 is 0 Å². The van der Waals surface area contributed by atoms with E-state index >= 15 is 0 Å². The fourth-order valence-electron chi connectivity index (χ4n) is 6.62. The van der Waals surface area contributed by atoms with Crippen LogP contribution < -0.4 is 9.47 Å². The molecule has 52 heavy (non-hydrogen) atoms. The van der Waals surface area contributed by atoms with Crippen molar-refractivity contribution < 1.29 is 45.5 Å². The number of aryl methyl sites for hydroxylation is 3. The molecule has 2 fully saturated rings. The molecule has 2 saturated heterocycles. The van der Waals surface area contributed by atoms with Crippen molar-refractivity contribution in [3.05, 3.63) is 47.0 Å². The highest BCUT2D eigenvalue weighted by Crippen LogP contribution is 2.37. The van der Waals surface area contributed by atoms with Crippen LogP contribution in [0, 0.1) is 0 Å². The van der Waals surface area contributed by atoms with Crippen molar-refractivity contribution in [2.45, 2.75) is 118 Å². The van der Waals surface area contributed by atoms with Crippen molar-refractivity contribution in [2.24, 2.45) is 0 Å². The van der Waals surface area contributed by atoms with Gasteiger partial charge in [0.05, 0.1) is 13.2 Å². The molecule has 0 amide bonds. The quantitative estimate of drug-likeness (QED) is 0.0572.